The third-order valence-corrected chi connectivity index (χ3v) is 6.90. The van der Waals surface area contributed by atoms with Crippen molar-refractivity contribution in [3.8, 4) is 22.9 Å². The molecule has 0 atom stereocenters. The molecule has 0 saturated heterocycles. The second kappa shape index (κ2) is 8.75. The smallest absolute Gasteiger partial charge is 0.146 e. The molecule has 10 heteroatoms. The molecule has 0 aliphatic rings. The van der Waals surface area contributed by atoms with Gasteiger partial charge in [-0.25, -0.2) is 0 Å². The van der Waals surface area contributed by atoms with E-state index in [2.05, 4.69) is 65.6 Å². The molecule has 2 aromatic heterocycles. The van der Waals surface area contributed by atoms with Crippen molar-refractivity contribution in [2.45, 2.75) is 6.42 Å². The Morgan fingerprint density at radius 1 is 0.571 bits per heavy atom. The molecule has 0 aliphatic carbocycles. The summed E-state index contributed by atoms with van der Waals surface area (Å²) in [6.45, 7) is 0. The number of hydrogen-bond donors (Lipinski definition) is 2. The molecule has 0 amide bonds. The van der Waals surface area contributed by atoms with Crippen molar-refractivity contribution >= 4 is 67.2 Å². The van der Waals surface area contributed by atoms with Gasteiger partial charge in [0, 0.05) is 24.7 Å². The van der Waals surface area contributed by atoms with Crippen molar-refractivity contribution < 1.29 is 10.2 Å². The second-order valence-corrected chi connectivity index (χ2v) is 10.5. The Hall–Kier alpha value is -3.26. The van der Waals surface area contributed by atoms with Crippen LogP contribution in [0.15, 0.2) is 72.8 Å². The van der Waals surface area contributed by atoms with E-state index in [1.54, 1.807) is 0 Å². The van der Waals surface area contributed by atoms with E-state index < -0.39 is 0 Å². The molecule has 8 nitrogen and oxygen atoms in total. The number of hydrogen-bond acceptors (Lipinski definition) is 6. The summed E-state index contributed by atoms with van der Waals surface area (Å²) in [5.74, 6) is 0.127. The van der Waals surface area contributed by atoms with Crippen molar-refractivity contribution in [3.05, 3.63) is 91.1 Å². The van der Waals surface area contributed by atoms with Crippen LogP contribution in [0.4, 0.5) is 0 Å². The van der Waals surface area contributed by atoms with Gasteiger partial charge in [0.25, 0.3) is 0 Å². The van der Waals surface area contributed by atoms with Gasteiger partial charge in [0.05, 0.1) is 0 Å². The molecule has 0 unspecified atom stereocenters. The van der Waals surface area contributed by atoms with E-state index in [-0.39, 0.29) is 11.5 Å². The van der Waals surface area contributed by atoms with Gasteiger partial charge in [0.2, 0.25) is 0 Å². The van der Waals surface area contributed by atoms with Gasteiger partial charge in [-0.3, -0.25) is 0 Å². The van der Waals surface area contributed by atoms with E-state index in [0.29, 0.717) is 28.9 Å². The lowest BCUT2D eigenvalue weighted by atomic mass is 10.0. The Morgan fingerprint density at radius 2 is 0.914 bits per heavy atom. The molecule has 172 valence electrons. The first-order valence-corrected chi connectivity index (χ1v) is 12.8. The lowest BCUT2D eigenvalue weighted by molar-refractivity contribution is 0.455. The van der Waals surface area contributed by atoms with Crippen molar-refractivity contribution in [2.24, 2.45) is 0 Å². The summed E-state index contributed by atoms with van der Waals surface area (Å²) in [7, 11) is 0. The van der Waals surface area contributed by atoms with Crippen molar-refractivity contribution in [1.82, 2.24) is 30.0 Å². The van der Waals surface area contributed by atoms with Gasteiger partial charge in [0.1, 0.15) is 44.9 Å². The van der Waals surface area contributed by atoms with Gasteiger partial charge >= 0.3 is 0 Å². The van der Waals surface area contributed by atoms with Crippen LogP contribution in [-0.4, -0.2) is 40.2 Å². The topological polar surface area (TPSA) is 102 Å². The second-order valence-electron chi connectivity index (χ2n) is 8.00. The predicted octanol–water partition coefficient (Wildman–Crippen LogP) is 5.37. The van der Waals surface area contributed by atoms with E-state index in [9.17, 15) is 10.2 Å². The van der Waals surface area contributed by atoms with Crippen molar-refractivity contribution in [2.75, 3.05) is 0 Å². The number of benzene rings is 4. The van der Waals surface area contributed by atoms with E-state index in [1.165, 1.54) is 9.59 Å². The van der Waals surface area contributed by atoms with Crippen molar-refractivity contribution in [3.63, 3.8) is 0 Å². The first kappa shape index (κ1) is 22.2. The number of aromatic hydroxyl groups is 2. The first-order valence-electron chi connectivity index (χ1n) is 10.6. The fraction of sp³-hybridized carbons (Fsp3) is 0.0400. The zero-order valence-corrected chi connectivity index (χ0v) is 22.3. The third kappa shape index (κ3) is 4.10. The summed E-state index contributed by atoms with van der Waals surface area (Å²) in [6, 6.07) is 22.6. The summed E-state index contributed by atoms with van der Waals surface area (Å²) in [5, 5.41) is 40.4. The number of phenols is 2. The standard InChI is InChI=1S/C25H16I2N6O2/c26-16-10-14(24(34)22(12-16)32-28-18-5-1-2-6-19(18)29-32)9-15-11-17(27)13-23(25(15)35)33-30-20-7-3-4-8-21(20)31-33/h1-8,10-13,34-35H,9H2. The van der Waals surface area contributed by atoms with Gasteiger partial charge in [-0.2, -0.15) is 0 Å². The monoisotopic (exact) mass is 686 g/mol. The van der Waals surface area contributed by atoms with E-state index in [0.717, 1.165) is 29.2 Å². The Kier molecular flexibility index (Phi) is 5.56. The van der Waals surface area contributed by atoms with E-state index >= 15 is 0 Å². The maximum absolute atomic E-state index is 11.2. The fourth-order valence-corrected chi connectivity index (χ4v) is 5.34. The van der Waals surface area contributed by atoms with Gasteiger partial charge in [-0.05, 0) is 93.7 Å². The number of aromatic nitrogens is 6. The quantitative estimate of drug-likeness (QED) is 0.242. The maximum Gasteiger partial charge on any atom is 0.146 e. The number of phenolic OH excluding ortho intramolecular Hbond substituents is 2. The van der Waals surface area contributed by atoms with Crippen LogP contribution in [0.2, 0.25) is 0 Å². The number of fused-ring (bicyclic) bond motifs is 2. The normalized spacial score (nSPS) is 11.5. The summed E-state index contributed by atoms with van der Waals surface area (Å²) < 4.78 is 1.83. The molecule has 0 radical (unpaired) electrons. The van der Waals surface area contributed by atoms with Crippen LogP contribution in [0.1, 0.15) is 11.1 Å². The molecule has 2 heterocycles. The van der Waals surface area contributed by atoms with Gasteiger partial charge < -0.3 is 10.2 Å². The molecule has 6 aromatic rings. The summed E-state index contributed by atoms with van der Waals surface area (Å²) in [4.78, 5) is 2.90. The lowest BCUT2D eigenvalue weighted by Gasteiger charge is -2.13. The van der Waals surface area contributed by atoms with Crippen LogP contribution in [0.25, 0.3) is 33.4 Å². The van der Waals surface area contributed by atoms with Gasteiger partial charge in [-0.15, -0.1) is 30.0 Å². The Morgan fingerprint density at radius 3 is 1.26 bits per heavy atom. The zero-order valence-electron chi connectivity index (χ0n) is 18.0. The largest absolute Gasteiger partial charge is 0.505 e. The molecule has 6 rings (SSSR count). The highest BCUT2D eigenvalue weighted by Crippen LogP contribution is 2.35. The summed E-state index contributed by atoms with van der Waals surface area (Å²) >= 11 is 4.41. The Bertz CT molecular complexity index is 1550. The fourth-order valence-electron chi connectivity index (χ4n) is 3.99. The van der Waals surface area contributed by atoms with Crippen LogP contribution in [0.5, 0.6) is 11.5 Å². The minimum absolute atomic E-state index is 0.0634. The highest BCUT2D eigenvalue weighted by atomic mass is 127. The molecule has 0 saturated carbocycles. The molecule has 0 aliphatic heterocycles. The third-order valence-electron chi connectivity index (χ3n) is 5.65. The van der Waals surface area contributed by atoms with Crippen molar-refractivity contribution in [1.29, 1.82) is 0 Å². The van der Waals surface area contributed by atoms with Crippen LogP contribution >= 0.6 is 45.2 Å². The molecular formula is C25H16I2N6O2. The van der Waals surface area contributed by atoms with E-state index in [1.807, 2.05) is 72.8 Å². The molecule has 0 spiro atoms. The molecule has 35 heavy (non-hydrogen) atoms. The Balaban J connectivity index is 1.43. The van der Waals surface area contributed by atoms with E-state index in [4.69, 9.17) is 0 Å². The lowest BCUT2D eigenvalue weighted by Crippen LogP contribution is -2.04. The highest BCUT2D eigenvalue weighted by Gasteiger charge is 2.19. The first-order chi connectivity index (χ1) is 17.0. The molecule has 2 N–H and O–H groups in total. The predicted molar refractivity (Wildman–Crippen MR) is 149 cm³/mol. The maximum atomic E-state index is 11.2. The summed E-state index contributed by atoms with van der Waals surface area (Å²) in [5.41, 5.74) is 5.22. The number of nitrogens with zero attached hydrogens (tertiary/aromatic N) is 6. The number of halogens is 2. The zero-order chi connectivity index (χ0) is 24.1. The van der Waals surface area contributed by atoms with Gasteiger partial charge in [-0.1, -0.05) is 24.3 Å². The molecule has 0 fully saturated rings. The average Bonchev–Trinajstić information content (AvgIpc) is 3.47. The summed E-state index contributed by atoms with van der Waals surface area (Å²) in [6.07, 6.45) is 0.299. The highest BCUT2D eigenvalue weighted by molar-refractivity contribution is 14.1. The van der Waals surface area contributed by atoms with Crippen LogP contribution < -0.4 is 0 Å². The SMILES string of the molecule is Oc1c(Cc2cc(I)cc(-n3nc4ccccc4n3)c2O)cc(I)cc1-n1nc2ccccc2n1. The number of rotatable bonds is 4. The average molecular weight is 686 g/mol. The molecule has 0 bridgehead atoms. The van der Waals surface area contributed by atoms with Crippen LogP contribution in [0.3, 0.4) is 0 Å². The van der Waals surface area contributed by atoms with Crippen LogP contribution in [0, 0.1) is 7.14 Å². The van der Waals surface area contributed by atoms with Crippen LogP contribution in [-0.2, 0) is 6.42 Å². The Labute approximate surface area is 226 Å². The van der Waals surface area contributed by atoms with Gasteiger partial charge in [0.15, 0.2) is 0 Å². The minimum Gasteiger partial charge on any atom is -0.505 e. The molecule has 4 aromatic carbocycles. The minimum atomic E-state index is 0.0634. The molecular weight excluding hydrogens is 670 g/mol.